The Morgan fingerprint density at radius 1 is 1.19 bits per heavy atom. The van der Waals surface area contributed by atoms with Crippen molar-refractivity contribution >= 4 is 6.08 Å². The van der Waals surface area contributed by atoms with Gasteiger partial charge in [-0.05, 0) is 72.9 Å². The zero-order valence-corrected chi connectivity index (χ0v) is 16.0. The van der Waals surface area contributed by atoms with E-state index in [0.717, 1.165) is 37.2 Å². The first-order chi connectivity index (χ1) is 13.3. The van der Waals surface area contributed by atoms with Gasteiger partial charge in [0.25, 0.3) is 0 Å². The van der Waals surface area contributed by atoms with E-state index in [-0.39, 0.29) is 6.10 Å². The van der Waals surface area contributed by atoms with Gasteiger partial charge in [0.05, 0.1) is 6.10 Å². The molecule has 3 atom stereocenters. The number of hydrogen-bond donors (Lipinski definition) is 1. The van der Waals surface area contributed by atoms with Gasteiger partial charge in [-0.2, -0.15) is 0 Å². The Kier molecular flexibility index (Phi) is 7.23. The highest BCUT2D eigenvalue weighted by Crippen LogP contribution is 2.33. The molecule has 142 valence electrons. The number of nitrogens with zero attached hydrogens (tertiary/aromatic N) is 1. The molecule has 1 unspecified atom stereocenters. The molecule has 1 fully saturated rings. The first-order valence-corrected chi connectivity index (χ1v) is 9.90. The summed E-state index contributed by atoms with van der Waals surface area (Å²) >= 11 is 0. The van der Waals surface area contributed by atoms with E-state index in [1.165, 1.54) is 18.4 Å². The third kappa shape index (κ3) is 5.80. The van der Waals surface area contributed by atoms with Crippen LogP contribution in [0.2, 0.25) is 0 Å². The van der Waals surface area contributed by atoms with Gasteiger partial charge >= 0.3 is 0 Å². The van der Waals surface area contributed by atoms with Gasteiger partial charge in [0.15, 0.2) is 0 Å². The topological polar surface area (TPSA) is 34.1 Å². The Hall–Kier alpha value is -2.39. The number of rotatable bonds is 9. The molecule has 0 amide bonds. The van der Waals surface area contributed by atoms with Crippen LogP contribution < -0.4 is 10.1 Å². The summed E-state index contributed by atoms with van der Waals surface area (Å²) in [5, 5.41) is 3.58. The van der Waals surface area contributed by atoms with Crippen molar-refractivity contribution in [3.63, 3.8) is 0 Å². The number of pyridine rings is 1. The van der Waals surface area contributed by atoms with E-state index in [4.69, 9.17) is 4.74 Å². The maximum atomic E-state index is 6.29. The molecule has 2 aromatic rings. The molecular weight excluding hydrogens is 332 g/mol. The Bertz CT molecular complexity index is 728. The highest BCUT2D eigenvalue weighted by atomic mass is 16.5. The van der Waals surface area contributed by atoms with Gasteiger partial charge in [-0.15, -0.1) is 6.58 Å². The average molecular weight is 363 g/mol. The van der Waals surface area contributed by atoms with Crippen LogP contribution in [0, 0.1) is 11.8 Å². The molecular formula is C24H30N2O. The van der Waals surface area contributed by atoms with Crippen LogP contribution in [0.3, 0.4) is 0 Å². The third-order valence-electron chi connectivity index (χ3n) is 5.43. The zero-order valence-electron chi connectivity index (χ0n) is 16.0. The second-order valence-electron chi connectivity index (χ2n) is 7.33. The van der Waals surface area contributed by atoms with Crippen LogP contribution in [0.1, 0.15) is 36.8 Å². The van der Waals surface area contributed by atoms with Crippen LogP contribution in [0.15, 0.2) is 68.0 Å². The van der Waals surface area contributed by atoms with E-state index in [0.29, 0.717) is 11.8 Å². The molecule has 0 bridgehead atoms. The molecule has 1 aliphatic rings. The molecule has 27 heavy (non-hydrogen) atoms. The van der Waals surface area contributed by atoms with Crippen LogP contribution in [0.5, 0.6) is 5.75 Å². The molecule has 3 rings (SSSR count). The normalized spacial score (nSPS) is 20.6. The maximum Gasteiger partial charge on any atom is 0.120 e. The largest absolute Gasteiger partial charge is 0.490 e. The van der Waals surface area contributed by atoms with Crippen molar-refractivity contribution in [1.82, 2.24) is 10.3 Å². The fraction of sp³-hybridized carbons (Fsp3) is 0.375. The summed E-state index contributed by atoms with van der Waals surface area (Å²) in [5.41, 5.74) is 2.36. The lowest BCUT2D eigenvalue weighted by molar-refractivity contribution is 0.107. The van der Waals surface area contributed by atoms with Gasteiger partial charge in [0.2, 0.25) is 0 Å². The first kappa shape index (κ1) is 19.4. The summed E-state index contributed by atoms with van der Waals surface area (Å²) in [4.78, 5) is 4.07. The van der Waals surface area contributed by atoms with Crippen molar-refractivity contribution in [2.45, 2.75) is 38.3 Å². The fourth-order valence-corrected chi connectivity index (χ4v) is 3.91. The van der Waals surface area contributed by atoms with Gasteiger partial charge in [0, 0.05) is 25.5 Å². The summed E-state index contributed by atoms with van der Waals surface area (Å²) in [6.07, 6.45) is 12.6. The Balaban J connectivity index is 1.51. The van der Waals surface area contributed by atoms with E-state index >= 15 is 0 Å². The van der Waals surface area contributed by atoms with Crippen LogP contribution in [0.25, 0.3) is 6.08 Å². The lowest BCUT2D eigenvalue weighted by atomic mass is 9.78. The van der Waals surface area contributed by atoms with Crippen LogP contribution in [-0.4, -0.2) is 17.6 Å². The average Bonchev–Trinajstić information content (AvgIpc) is 2.72. The quantitative estimate of drug-likeness (QED) is 0.618. The molecule has 0 aliphatic heterocycles. The zero-order chi connectivity index (χ0) is 18.9. The summed E-state index contributed by atoms with van der Waals surface area (Å²) in [7, 11) is 0. The van der Waals surface area contributed by atoms with Gasteiger partial charge in [-0.3, -0.25) is 4.98 Å². The van der Waals surface area contributed by atoms with Crippen molar-refractivity contribution < 1.29 is 4.74 Å². The number of nitrogens with one attached hydrogen (secondary N) is 1. The van der Waals surface area contributed by atoms with Crippen molar-refractivity contribution in [2.24, 2.45) is 11.8 Å². The van der Waals surface area contributed by atoms with Gasteiger partial charge < -0.3 is 10.1 Å². The number of benzene rings is 1. The van der Waals surface area contributed by atoms with E-state index in [9.17, 15) is 0 Å². The lowest BCUT2D eigenvalue weighted by Gasteiger charge is -2.33. The minimum atomic E-state index is 0.284. The Morgan fingerprint density at radius 3 is 2.81 bits per heavy atom. The molecule has 3 heteroatoms. The van der Waals surface area contributed by atoms with Crippen molar-refractivity contribution in [2.75, 3.05) is 6.54 Å². The van der Waals surface area contributed by atoms with Gasteiger partial charge in [-0.25, -0.2) is 0 Å². The van der Waals surface area contributed by atoms with Crippen LogP contribution in [0.4, 0.5) is 0 Å². The SMILES string of the molecule is C=Cc1cccc(O[C@@H]2CCC[C@H](C(C=C)CNCc3ccncc3)C2)c1. The first-order valence-electron chi connectivity index (χ1n) is 9.90. The summed E-state index contributed by atoms with van der Waals surface area (Å²) in [5.74, 6) is 2.04. The Labute approximate surface area is 163 Å². The van der Waals surface area contributed by atoms with Gasteiger partial charge in [0.1, 0.15) is 5.75 Å². The molecule has 1 N–H and O–H groups in total. The third-order valence-corrected chi connectivity index (χ3v) is 5.43. The minimum Gasteiger partial charge on any atom is -0.490 e. The van der Waals surface area contributed by atoms with Gasteiger partial charge in [-0.1, -0.05) is 30.9 Å². The summed E-state index contributed by atoms with van der Waals surface area (Å²) in [6, 6.07) is 12.3. The molecule has 0 radical (unpaired) electrons. The predicted molar refractivity (Wildman–Crippen MR) is 113 cm³/mol. The van der Waals surface area contributed by atoms with Crippen LogP contribution >= 0.6 is 0 Å². The highest BCUT2D eigenvalue weighted by molar-refractivity contribution is 5.49. The molecule has 1 aromatic carbocycles. The predicted octanol–water partition coefficient (Wildman–Crippen LogP) is 5.25. The fourth-order valence-electron chi connectivity index (χ4n) is 3.91. The minimum absolute atomic E-state index is 0.284. The van der Waals surface area contributed by atoms with E-state index < -0.39 is 0 Å². The number of aromatic nitrogens is 1. The molecule has 1 saturated carbocycles. The second kappa shape index (κ2) is 10.1. The molecule has 0 spiro atoms. The van der Waals surface area contributed by atoms with Crippen molar-refractivity contribution in [3.05, 3.63) is 79.2 Å². The highest BCUT2D eigenvalue weighted by Gasteiger charge is 2.28. The van der Waals surface area contributed by atoms with Crippen molar-refractivity contribution in [3.8, 4) is 5.75 Å². The summed E-state index contributed by atoms with van der Waals surface area (Å²) < 4.78 is 6.29. The monoisotopic (exact) mass is 362 g/mol. The van der Waals surface area contributed by atoms with Crippen molar-refractivity contribution in [1.29, 1.82) is 0 Å². The molecule has 1 aliphatic carbocycles. The lowest BCUT2D eigenvalue weighted by Crippen LogP contribution is -2.33. The van der Waals surface area contributed by atoms with E-state index in [1.54, 1.807) is 0 Å². The van der Waals surface area contributed by atoms with Crippen LogP contribution in [-0.2, 0) is 6.54 Å². The van der Waals surface area contributed by atoms with E-state index in [1.807, 2.05) is 36.7 Å². The molecule has 3 nitrogen and oxygen atoms in total. The number of hydrogen-bond acceptors (Lipinski definition) is 3. The maximum absolute atomic E-state index is 6.29. The summed E-state index contributed by atoms with van der Waals surface area (Å²) in [6.45, 7) is 9.75. The molecule has 1 aromatic heterocycles. The van der Waals surface area contributed by atoms with E-state index in [2.05, 4.69) is 47.7 Å². The standard InChI is InChI=1S/C24H30N2O/c1-3-19-7-5-9-23(15-19)27-24-10-6-8-22(16-24)21(4-2)18-26-17-20-11-13-25-14-12-20/h3-5,7,9,11-15,21-22,24,26H,1-2,6,8,10,16-18H2/t21?,22-,24+/m0/s1. The smallest absolute Gasteiger partial charge is 0.120 e. The number of ether oxygens (including phenoxy) is 1. The second-order valence-corrected chi connectivity index (χ2v) is 7.33. The molecule has 1 heterocycles. The Morgan fingerprint density at radius 2 is 2.04 bits per heavy atom. The molecule has 0 saturated heterocycles.